The Morgan fingerprint density at radius 1 is 1.32 bits per heavy atom. The minimum Gasteiger partial charge on any atom is -0.334 e. The van der Waals surface area contributed by atoms with Gasteiger partial charge in [-0.2, -0.15) is 4.31 Å². The molecule has 0 N–H and O–H groups in total. The van der Waals surface area contributed by atoms with E-state index in [1.54, 1.807) is 16.2 Å². The van der Waals surface area contributed by atoms with Crippen molar-refractivity contribution < 1.29 is 17.6 Å². The van der Waals surface area contributed by atoms with Gasteiger partial charge in [0.2, 0.25) is 15.9 Å². The number of rotatable bonds is 4. The van der Waals surface area contributed by atoms with E-state index in [1.165, 1.54) is 24.1 Å². The van der Waals surface area contributed by atoms with Gasteiger partial charge in [0.25, 0.3) is 0 Å². The number of carbonyl (C=O) groups is 1. The highest BCUT2D eigenvalue weighted by Gasteiger charge is 2.31. The Bertz CT molecular complexity index is 878. The summed E-state index contributed by atoms with van der Waals surface area (Å²) in [5.74, 6) is -0.746. The zero-order valence-corrected chi connectivity index (χ0v) is 15.6. The predicted molar refractivity (Wildman–Crippen MR) is 94.4 cm³/mol. The molecule has 0 saturated carbocycles. The third kappa shape index (κ3) is 3.47. The van der Waals surface area contributed by atoms with Crippen LogP contribution in [0.3, 0.4) is 0 Å². The fourth-order valence-electron chi connectivity index (χ4n) is 3.00. The zero-order chi connectivity index (χ0) is 18.2. The number of hydrogen-bond donors (Lipinski definition) is 0. The number of carbonyl (C=O) groups excluding carboxylic acids is 1. The van der Waals surface area contributed by atoms with E-state index in [2.05, 4.69) is 0 Å². The molecular formula is C17H19FN2O3S2. The highest BCUT2D eigenvalue weighted by Crippen LogP contribution is 2.32. The van der Waals surface area contributed by atoms with Crippen LogP contribution < -0.4 is 0 Å². The van der Waals surface area contributed by atoms with Crippen LogP contribution in [-0.2, 0) is 21.2 Å². The third-order valence-corrected chi connectivity index (χ3v) is 7.29. The van der Waals surface area contributed by atoms with E-state index in [9.17, 15) is 17.6 Å². The maximum atomic E-state index is 13.0. The first-order valence-corrected chi connectivity index (χ1v) is 10.2. The van der Waals surface area contributed by atoms with Gasteiger partial charge in [-0.25, -0.2) is 12.8 Å². The van der Waals surface area contributed by atoms with E-state index >= 15 is 0 Å². The molecule has 0 radical (unpaired) electrons. The maximum Gasteiger partial charge on any atom is 0.243 e. The monoisotopic (exact) mass is 382 g/mol. The van der Waals surface area contributed by atoms with E-state index in [1.807, 2.05) is 18.4 Å². The second kappa shape index (κ2) is 6.86. The summed E-state index contributed by atoms with van der Waals surface area (Å²) in [4.78, 5) is 15.6. The van der Waals surface area contributed by atoms with Crippen molar-refractivity contribution in [2.45, 2.75) is 24.3 Å². The van der Waals surface area contributed by atoms with Crippen LogP contribution in [0.4, 0.5) is 4.39 Å². The molecule has 0 fully saturated rings. The number of thiophene rings is 1. The first kappa shape index (κ1) is 18.0. The van der Waals surface area contributed by atoms with Crippen molar-refractivity contribution >= 4 is 27.3 Å². The number of benzene rings is 1. The number of halogens is 1. The van der Waals surface area contributed by atoms with Gasteiger partial charge in [0, 0.05) is 18.5 Å². The SMILES string of the molecule is C[C@@H]1c2ccsc2CCN1C(=O)CN(C)S(=O)(=O)c1ccc(F)cc1. The molecule has 1 atom stereocenters. The Morgan fingerprint density at radius 2 is 2.00 bits per heavy atom. The van der Waals surface area contributed by atoms with Gasteiger partial charge >= 0.3 is 0 Å². The lowest BCUT2D eigenvalue weighted by molar-refractivity contribution is -0.133. The molecule has 3 rings (SSSR count). The molecule has 0 aliphatic carbocycles. The minimum atomic E-state index is -3.84. The lowest BCUT2D eigenvalue weighted by atomic mass is 10.0. The summed E-state index contributed by atoms with van der Waals surface area (Å²) in [6.45, 7) is 2.29. The molecule has 1 aromatic carbocycles. The van der Waals surface area contributed by atoms with Crippen LogP contribution in [0.15, 0.2) is 40.6 Å². The van der Waals surface area contributed by atoms with Crippen LogP contribution in [0.25, 0.3) is 0 Å². The topological polar surface area (TPSA) is 57.7 Å². The fraction of sp³-hybridized carbons (Fsp3) is 0.353. The number of sulfonamides is 1. The summed E-state index contributed by atoms with van der Waals surface area (Å²) >= 11 is 1.68. The van der Waals surface area contributed by atoms with E-state index in [-0.39, 0.29) is 23.4 Å². The van der Waals surface area contributed by atoms with Crippen LogP contribution >= 0.6 is 11.3 Å². The normalized spacial score (nSPS) is 17.6. The Kier molecular flexibility index (Phi) is 4.95. The van der Waals surface area contributed by atoms with Crippen LogP contribution in [0.1, 0.15) is 23.4 Å². The van der Waals surface area contributed by atoms with Gasteiger partial charge in [0.05, 0.1) is 17.5 Å². The molecule has 1 aliphatic rings. The molecule has 5 nitrogen and oxygen atoms in total. The molecule has 0 spiro atoms. The highest BCUT2D eigenvalue weighted by molar-refractivity contribution is 7.89. The van der Waals surface area contributed by atoms with Crippen molar-refractivity contribution in [3.8, 4) is 0 Å². The number of amides is 1. The Labute approximate surface area is 150 Å². The van der Waals surface area contributed by atoms with E-state index < -0.39 is 15.8 Å². The molecule has 0 saturated heterocycles. The van der Waals surface area contributed by atoms with Gasteiger partial charge in [-0.05, 0) is 54.6 Å². The van der Waals surface area contributed by atoms with Crippen LogP contribution in [0.2, 0.25) is 0 Å². The van der Waals surface area contributed by atoms with Gasteiger partial charge < -0.3 is 4.90 Å². The molecule has 25 heavy (non-hydrogen) atoms. The molecular weight excluding hydrogens is 363 g/mol. The summed E-state index contributed by atoms with van der Waals surface area (Å²) < 4.78 is 39.1. The quantitative estimate of drug-likeness (QED) is 0.817. The van der Waals surface area contributed by atoms with Gasteiger partial charge in [0.15, 0.2) is 0 Å². The molecule has 8 heteroatoms. The molecule has 1 aromatic heterocycles. The lowest BCUT2D eigenvalue weighted by Crippen LogP contribution is -2.44. The molecule has 1 aliphatic heterocycles. The Morgan fingerprint density at radius 3 is 2.68 bits per heavy atom. The standard InChI is InChI=1S/C17H19FN2O3S2/c1-12-15-8-10-24-16(15)7-9-20(12)17(21)11-19(2)25(22,23)14-5-3-13(18)4-6-14/h3-6,8,10,12H,7,9,11H2,1-2H3/t12-/m1/s1. The number of hydrogen-bond acceptors (Lipinski definition) is 4. The van der Waals surface area contributed by atoms with Crippen LogP contribution in [0, 0.1) is 5.82 Å². The first-order chi connectivity index (χ1) is 11.8. The molecule has 2 heterocycles. The van der Waals surface area contributed by atoms with Crippen LogP contribution in [0.5, 0.6) is 0 Å². The largest absolute Gasteiger partial charge is 0.334 e. The predicted octanol–water partition coefficient (Wildman–Crippen LogP) is 2.65. The van der Waals surface area contributed by atoms with Crippen LogP contribution in [-0.4, -0.2) is 43.7 Å². The van der Waals surface area contributed by atoms with Gasteiger partial charge in [-0.3, -0.25) is 4.79 Å². The van der Waals surface area contributed by atoms with E-state index in [4.69, 9.17) is 0 Å². The number of fused-ring (bicyclic) bond motifs is 1. The third-order valence-electron chi connectivity index (χ3n) is 4.48. The summed E-state index contributed by atoms with van der Waals surface area (Å²) in [6, 6.07) is 6.54. The summed E-state index contributed by atoms with van der Waals surface area (Å²) in [7, 11) is -2.47. The fourth-order valence-corrected chi connectivity index (χ4v) is 5.09. The smallest absolute Gasteiger partial charge is 0.243 e. The molecule has 0 bridgehead atoms. The minimum absolute atomic E-state index is 0.0315. The van der Waals surface area contributed by atoms with Crippen molar-refractivity contribution in [2.24, 2.45) is 0 Å². The first-order valence-electron chi connectivity index (χ1n) is 7.88. The lowest BCUT2D eigenvalue weighted by Gasteiger charge is -2.34. The summed E-state index contributed by atoms with van der Waals surface area (Å²) in [5, 5.41) is 2.01. The highest BCUT2D eigenvalue weighted by atomic mass is 32.2. The maximum absolute atomic E-state index is 13.0. The molecule has 134 valence electrons. The van der Waals surface area contributed by atoms with Crippen molar-refractivity contribution in [3.05, 3.63) is 52.0 Å². The van der Waals surface area contributed by atoms with Crippen molar-refractivity contribution in [3.63, 3.8) is 0 Å². The van der Waals surface area contributed by atoms with Crippen molar-refractivity contribution in [1.82, 2.24) is 9.21 Å². The number of nitrogens with zero attached hydrogens (tertiary/aromatic N) is 2. The van der Waals surface area contributed by atoms with Gasteiger partial charge in [0.1, 0.15) is 5.82 Å². The average molecular weight is 382 g/mol. The van der Waals surface area contributed by atoms with Gasteiger partial charge in [-0.15, -0.1) is 11.3 Å². The molecule has 0 unspecified atom stereocenters. The summed E-state index contributed by atoms with van der Waals surface area (Å²) in [5.41, 5.74) is 1.13. The van der Waals surface area contributed by atoms with Gasteiger partial charge in [-0.1, -0.05) is 0 Å². The second-order valence-corrected chi connectivity index (χ2v) is 9.07. The Balaban J connectivity index is 1.73. The Hall–Kier alpha value is -1.77. The van der Waals surface area contributed by atoms with E-state index in [0.29, 0.717) is 6.54 Å². The number of likely N-dealkylation sites (N-methyl/N-ethyl adjacent to an activating group) is 1. The van der Waals surface area contributed by atoms with Crippen molar-refractivity contribution in [2.75, 3.05) is 20.1 Å². The average Bonchev–Trinajstić information content (AvgIpc) is 3.05. The van der Waals surface area contributed by atoms with Crippen molar-refractivity contribution in [1.29, 1.82) is 0 Å². The zero-order valence-electron chi connectivity index (χ0n) is 14.0. The second-order valence-electron chi connectivity index (χ2n) is 6.03. The molecule has 1 amide bonds. The summed E-state index contributed by atoms with van der Waals surface area (Å²) in [6.07, 6.45) is 0.789. The van der Waals surface area contributed by atoms with E-state index in [0.717, 1.165) is 28.4 Å². The molecule has 2 aromatic rings.